The van der Waals surface area contributed by atoms with E-state index in [-0.39, 0.29) is 23.6 Å². The Morgan fingerprint density at radius 1 is 1.35 bits per heavy atom. The molecule has 0 atom stereocenters. The van der Waals surface area contributed by atoms with Gasteiger partial charge in [0.05, 0.1) is 12.2 Å². The number of halogens is 2. The summed E-state index contributed by atoms with van der Waals surface area (Å²) in [6, 6.07) is 7.92. The van der Waals surface area contributed by atoms with E-state index in [0.29, 0.717) is 10.0 Å². The van der Waals surface area contributed by atoms with Gasteiger partial charge in [0, 0.05) is 16.2 Å². The molecule has 0 fully saturated rings. The Hall–Kier alpha value is -1.62. The van der Waals surface area contributed by atoms with E-state index >= 15 is 0 Å². The summed E-state index contributed by atoms with van der Waals surface area (Å²) in [5, 5.41) is 0. The molecule has 0 saturated carbocycles. The van der Waals surface area contributed by atoms with E-state index in [1.807, 2.05) is 0 Å². The number of hydrogen-bond donors (Lipinski definition) is 1. The van der Waals surface area contributed by atoms with Crippen LogP contribution in [-0.4, -0.2) is 4.57 Å². The number of nitrogens with zero attached hydrogens (tertiary/aromatic N) is 1. The molecule has 2 N–H and O–H groups in total. The quantitative estimate of drug-likeness (QED) is 0.925. The van der Waals surface area contributed by atoms with E-state index in [1.54, 1.807) is 24.4 Å². The van der Waals surface area contributed by atoms with Crippen molar-refractivity contribution in [3.63, 3.8) is 0 Å². The van der Waals surface area contributed by atoms with Crippen LogP contribution in [0.25, 0.3) is 0 Å². The van der Waals surface area contributed by atoms with E-state index in [1.165, 1.54) is 16.7 Å². The van der Waals surface area contributed by atoms with Crippen LogP contribution in [0.5, 0.6) is 0 Å². The van der Waals surface area contributed by atoms with E-state index < -0.39 is 0 Å². The highest BCUT2D eigenvalue weighted by Gasteiger charge is 2.05. The lowest BCUT2D eigenvalue weighted by molar-refractivity contribution is 0.595. The highest BCUT2D eigenvalue weighted by atomic mass is 79.9. The molecule has 0 spiro atoms. The lowest BCUT2D eigenvalue weighted by Crippen LogP contribution is -2.22. The molecule has 0 saturated heterocycles. The minimum absolute atomic E-state index is 0.157. The van der Waals surface area contributed by atoms with Crippen LogP contribution in [0.1, 0.15) is 5.56 Å². The van der Waals surface area contributed by atoms with E-state index in [2.05, 4.69) is 15.9 Å². The van der Waals surface area contributed by atoms with Crippen LogP contribution in [0.3, 0.4) is 0 Å². The van der Waals surface area contributed by atoms with Crippen molar-refractivity contribution in [3.05, 3.63) is 62.7 Å². The molecule has 0 aliphatic heterocycles. The minimum Gasteiger partial charge on any atom is -0.394 e. The van der Waals surface area contributed by atoms with Crippen LogP contribution >= 0.6 is 15.9 Å². The van der Waals surface area contributed by atoms with Gasteiger partial charge < -0.3 is 10.3 Å². The number of benzene rings is 1. The molecule has 3 nitrogen and oxygen atoms in total. The average Bonchev–Trinajstić information content (AvgIpc) is 2.28. The molecular weight excluding hydrogens is 287 g/mol. The third-order valence-corrected chi connectivity index (χ3v) is 2.90. The Bertz CT molecular complexity index is 610. The first-order valence-corrected chi connectivity index (χ1v) is 5.76. The molecule has 0 aliphatic carbocycles. The van der Waals surface area contributed by atoms with Gasteiger partial charge >= 0.3 is 0 Å². The van der Waals surface area contributed by atoms with Gasteiger partial charge in [0.1, 0.15) is 5.82 Å². The zero-order valence-electron chi connectivity index (χ0n) is 8.86. The van der Waals surface area contributed by atoms with Gasteiger partial charge in [0.15, 0.2) is 0 Å². The summed E-state index contributed by atoms with van der Waals surface area (Å²) >= 11 is 3.18. The van der Waals surface area contributed by atoms with Crippen LogP contribution in [0.2, 0.25) is 0 Å². The molecule has 5 heteroatoms. The standard InChI is InChI=1S/C12H10BrFN2O/c13-9-4-3-8(10(14)6-9)7-16-5-1-2-11(15)12(16)17/h1-6H,7,15H2. The van der Waals surface area contributed by atoms with Gasteiger partial charge in [0.25, 0.3) is 5.56 Å². The van der Waals surface area contributed by atoms with Crippen LogP contribution in [0.15, 0.2) is 45.8 Å². The Morgan fingerprint density at radius 3 is 2.82 bits per heavy atom. The molecule has 1 heterocycles. The number of aromatic nitrogens is 1. The normalized spacial score (nSPS) is 10.5. The first kappa shape index (κ1) is 11.9. The summed E-state index contributed by atoms with van der Waals surface area (Å²) in [6.07, 6.45) is 1.58. The highest BCUT2D eigenvalue weighted by molar-refractivity contribution is 9.10. The van der Waals surface area contributed by atoms with Gasteiger partial charge in [-0.15, -0.1) is 0 Å². The molecule has 0 amide bonds. The third kappa shape index (κ3) is 2.55. The minimum atomic E-state index is -0.353. The Morgan fingerprint density at radius 2 is 2.12 bits per heavy atom. The molecular formula is C12H10BrFN2O. The van der Waals surface area contributed by atoms with Crippen LogP contribution < -0.4 is 11.3 Å². The maximum absolute atomic E-state index is 13.6. The molecule has 2 rings (SSSR count). The molecule has 0 aliphatic rings. The topological polar surface area (TPSA) is 48.0 Å². The number of anilines is 1. The van der Waals surface area contributed by atoms with Crippen molar-refractivity contribution < 1.29 is 4.39 Å². The smallest absolute Gasteiger partial charge is 0.273 e. The predicted molar refractivity (Wildman–Crippen MR) is 68.3 cm³/mol. The Balaban J connectivity index is 2.38. The summed E-state index contributed by atoms with van der Waals surface area (Å²) < 4.78 is 15.6. The lowest BCUT2D eigenvalue weighted by atomic mass is 10.2. The molecule has 0 unspecified atom stereocenters. The lowest BCUT2D eigenvalue weighted by Gasteiger charge is -2.07. The van der Waals surface area contributed by atoms with Gasteiger partial charge in [-0.1, -0.05) is 22.0 Å². The fourth-order valence-corrected chi connectivity index (χ4v) is 1.85. The summed E-state index contributed by atoms with van der Waals surface area (Å²) in [6.45, 7) is 0.170. The molecule has 0 radical (unpaired) electrons. The summed E-state index contributed by atoms with van der Waals surface area (Å²) in [5.74, 6) is -0.353. The van der Waals surface area contributed by atoms with E-state index in [0.717, 1.165) is 0 Å². The van der Waals surface area contributed by atoms with Crippen molar-refractivity contribution in [2.75, 3.05) is 5.73 Å². The van der Waals surface area contributed by atoms with Gasteiger partial charge in [-0.25, -0.2) is 4.39 Å². The second-order valence-corrected chi connectivity index (χ2v) is 4.55. The zero-order chi connectivity index (χ0) is 12.4. The second-order valence-electron chi connectivity index (χ2n) is 3.63. The number of nitrogen functional groups attached to an aromatic ring is 1. The Labute approximate surface area is 106 Å². The molecule has 0 bridgehead atoms. The molecule has 1 aromatic heterocycles. The van der Waals surface area contributed by atoms with Gasteiger partial charge in [-0.2, -0.15) is 0 Å². The van der Waals surface area contributed by atoms with Crippen molar-refractivity contribution in [3.8, 4) is 0 Å². The highest BCUT2D eigenvalue weighted by Crippen LogP contribution is 2.15. The van der Waals surface area contributed by atoms with Crippen LogP contribution in [0, 0.1) is 5.82 Å². The average molecular weight is 297 g/mol. The van der Waals surface area contributed by atoms with E-state index in [9.17, 15) is 9.18 Å². The van der Waals surface area contributed by atoms with Gasteiger partial charge in [-0.3, -0.25) is 4.79 Å². The van der Waals surface area contributed by atoms with Crippen LogP contribution in [-0.2, 0) is 6.54 Å². The maximum atomic E-state index is 13.6. The molecule has 17 heavy (non-hydrogen) atoms. The van der Waals surface area contributed by atoms with Crippen molar-refractivity contribution >= 4 is 21.6 Å². The SMILES string of the molecule is Nc1cccn(Cc2ccc(Br)cc2F)c1=O. The van der Waals surface area contributed by atoms with Crippen molar-refractivity contribution in [2.24, 2.45) is 0 Å². The number of hydrogen-bond acceptors (Lipinski definition) is 2. The third-order valence-electron chi connectivity index (χ3n) is 2.41. The fourth-order valence-electron chi connectivity index (χ4n) is 1.51. The van der Waals surface area contributed by atoms with E-state index in [4.69, 9.17) is 5.73 Å². The molecule has 88 valence electrons. The zero-order valence-corrected chi connectivity index (χ0v) is 10.4. The summed E-state index contributed by atoms with van der Waals surface area (Å²) in [7, 11) is 0. The van der Waals surface area contributed by atoms with Crippen molar-refractivity contribution in [1.82, 2.24) is 4.57 Å². The monoisotopic (exact) mass is 296 g/mol. The van der Waals surface area contributed by atoms with Crippen molar-refractivity contribution in [2.45, 2.75) is 6.54 Å². The first-order valence-electron chi connectivity index (χ1n) is 4.97. The van der Waals surface area contributed by atoms with Gasteiger partial charge in [-0.05, 0) is 24.3 Å². The molecule has 1 aromatic carbocycles. The van der Waals surface area contributed by atoms with Gasteiger partial charge in [0.2, 0.25) is 0 Å². The fraction of sp³-hybridized carbons (Fsp3) is 0.0833. The summed E-state index contributed by atoms with van der Waals surface area (Å²) in [5.41, 5.74) is 5.79. The Kier molecular flexibility index (Phi) is 3.28. The second kappa shape index (κ2) is 4.71. The number of rotatable bonds is 2. The van der Waals surface area contributed by atoms with Crippen LogP contribution in [0.4, 0.5) is 10.1 Å². The maximum Gasteiger partial charge on any atom is 0.273 e. The largest absolute Gasteiger partial charge is 0.394 e. The summed E-state index contributed by atoms with van der Waals surface area (Å²) in [4.78, 5) is 11.7. The van der Waals surface area contributed by atoms with Crippen molar-refractivity contribution in [1.29, 1.82) is 0 Å². The predicted octanol–water partition coefficient (Wildman–Crippen LogP) is 2.38. The number of nitrogens with two attached hydrogens (primary N) is 1. The molecule has 2 aromatic rings. The first-order chi connectivity index (χ1) is 8.08. The number of pyridine rings is 1.